The van der Waals surface area contributed by atoms with Crippen molar-refractivity contribution in [2.75, 3.05) is 13.6 Å². The van der Waals surface area contributed by atoms with E-state index in [4.69, 9.17) is 11.7 Å². The van der Waals surface area contributed by atoms with Crippen molar-refractivity contribution in [3.8, 4) is 10.4 Å². The number of nitrogens with one attached hydrogen (secondary N) is 2. The van der Waals surface area contributed by atoms with Gasteiger partial charge in [0.1, 0.15) is 0 Å². The molecule has 0 spiro atoms. The molecular formula is C27H38N6OS. The number of nitrogens with two attached hydrogens (primary N) is 2. The van der Waals surface area contributed by atoms with Gasteiger partial charge in [0.2, 0.25) is 5.91 Å². The molecule has 1 aromatic carbocycles. The molecule has 1 aliphatic heterocycles. The summed E-state index contributed by atoms with van der Waals surface area (Å²) in [6, 6.07) is 11.0. The Hall–Kier alpha value is -2.23. The first kappa shape index (κ1) is 24.5. The first-order valence-corrected chi connectivity index (χ1v) is 13.7. The van der Waals surface area contributed by atoms with Crippen LogP contribution in [0.15, 0.2) is 41.9 Å². The van der Waals surface area contributed by atoms with E-state index in [0.29, 0.717) is 18.3 Å². The summed E-state index contributed by atoms with van der Waals surface area (Å²) >= 11 is 1.75. The monoisotopic (exact) mass is 494 g/mol. The first-order valence-electron chi connectivity index (χ1n) is 12.9. The van der Waals surface area contributed by atoms with E-state index in [9.17, 15) is 4.79 Å². The van der Waals surface area contributed by atoms with E-state index in [2.05, 4.69) is 64.1 Å². The van der Waals surface area contributed by atoms with E-state index < -0.39 is 0 Å². The summed E-state index contributed by atoms with van der Waals surface area (Å²) in [5.74, 6) is 13.2. The minimum Gasteiger partial charge on any atom is -0.361 e. The molecule has 2 fully saturated rings. The Morgan fingerprint density at radius 1 is 1.26 bits per heavy atom. The SMILES string of the molecule is CC(CC(=O)N1CCCC2C(C(NN)N(C)N)CCCC21)c1c[nH]c2cccc(-c3cccs3)c12. The third-order valence-electron chi connectivity index (χ3n) is 8.29. The molecule has 3 aromatic rings. The standard InChI is InChI=1S/C27H38N6OS/c1-17(21-16-30-22-10-3-8-20(26(21)22)24-12-6-14-35-24)15-25(34)33-13-5-9-18-19(7-4-11-23(18)33)27(31-28)32(2)29/h3,6,8,10,12,14,16-19,23,27,30-31H,4-5,7,9,11,13,15,28-29H2,1-2H3. The lowest BCUT2D eigenvalue weighted by atomic mass is 9.69. The van der Waals surface area contributed by atoms with Gasteiger partial charge >= 0.3 is 0 Å². The van der Waals surface area contributed by atoms with Crippen molar-refractivity contribution < 1.29 is 4.79 Å². The second-order valence-electron chi connectivity index (χ2n) is 10.4. The highest BCUT2D eigenvalue weighted by atomic mass is 32.1. The van der Waals surface area contributed by atoms with Gasteiger partial charge in [-0.2, -0.15) is 0 Å². The van der Waals surface area contributed by atoms with Gasteiger partial charge in [-0.25, -0.2) is 10.4 Å². The molecule has 5 rings (SSSR count). The van der Waals surface area contributed by atoms with Gasteiger partial charge in [-0.1, -0.05) is 31.5 Å². The van der Waals surface area contributed by atoms with Gasteiger partial charge in [-0.3, -0.25) is 16.5 Å². The number of likely N-dealkylation sites (tertiary alicyclic amines) is 1. The van der Waals surface area contributed by atoms with Crippen LogP contribution in [0.25, 0.3) is 21.3 Å². The molecule has 6 N–H and O–H groups in total. The molecular weight excluding hydrogens is 456 g/mol. The van der Waals surface area contributed by atoms with E-state index in [1.165, 1.54) is 21.4 Å². The predicted octanol–water partition coefficient (Wildman–Crippen LogP) is 4.39. The summed E-state index contributed by atoms with van der Waals surface area (Å²) in [6.07, 6.45) is 7.99. The second-order valence-corrected chi connectivity index (χ2v) is 11.3. The number of piperidine rings is 1. The van der Waals surface area contributed by atoms with E-state index in [-0.39, 0.29) is 24.0 Å². The van der Waals surface area contributed by atoms with E-state index in [0.717, 1.165) is 44.2 Å². The lowest BCUT2D eigenvalue weighted by molar-refractivity contribution is -0.140. The van der Waals surface area contributed by atoms with Crippen LogP contribution in [0.4, 0.5) is 0 Å². The van der Waals surface area contributed by atoms with Gasteiger partial charge in [0.15, 0.2) is 0 Å². The van der Waals surface area contributed by atoms with Crippen LogP contribution >= 0.6 is 11.3 Å². The lowest BCUT2D eigenvalue weighted by Crippen LogP contribution is -2.61. The first-order chi connectivity index (χ1) is 17.0. The van der Waals surface area contributed by atoms with Crippen LogP contribution < -0.4 is 17.1 Å². The van der Waals surface area contributed by atoms with Crippen molar-refractivity contribution in [2.45, 2.75) is 63.6 Å². The maximum absolute atomic E-state index is 13.7. The average Bonchev–Trinajstić information content (AvgIpc) is 3.54. The largest absolute Gasteiger partial charge is 0.361 e. The number of hydrazine groups is 2. The zero-order valence-electron chi connectivity index (χ0n) is 20.7. The van der Waals surface area contributed by atoms with Crippen LogP contribution in [-0.2, 0) is 4.79 Å². The van der Waals surface area contributed by atoms with Crippen molar-refractivity contribution in [2.24, 2.45) is 23.5 Å². The third-order valence-corrected chi connectivity index (χ3v) is 9.19. The van der Waals surface area contributed by atoms with Crippen LogP contribution in [0.5, 0.6) is 0 Å². The van der Waals surface area contributed by atoms with Crippen LogP contribution in [0.2, 0.25) is 0 Å². The molecule has 35 heavy (non-hydrogen) atoms. The van der Waals surface area contributed by atoms with E-state index in [1.807, 2.05) is 7.05 Å². The topological polar surface area (TPSA) is 103 Å². The Morgan fingerprint density at radius 3 is 2.86 bits per heavy atom. The smallest absolute Gasteiger partial charge is 0.223 e. The molecule has 8 heteroatoms. The molecule has 5 atom stereocenters. The van der Waals surface area contributed by atoms with Gasteiger partial charge in [-0.15, -0.1) is 11.3 Å². The number of nitrogens with zero attached hydrogens (tertiary/aromatic N) is 2. The van der Waals surface area contributed by atoms with Crippen LogP contribution in [0, 0.1) is 11.8 Å². The number of H-pyrrole nitrogens is 1. The van der Waals surface area contributed by atoms with Crippen LogP contribution in [-0.4, -0.2) is 46.6 Å². The van der Waals surface area contributed by atoms with Crippen molar-refractivity contribution in [3.63, 3.8) is 0 Å². The fourth-order valence-corrected chi connectivity index (χ4v) is 7.46. The van der Waals surface area contributed by atoms with Gasteiger partial charge in [0.25, 0.3) is 0 Å². The number of carbonyl (C=O) groups excluding carboxylic acids is 1. The van der Waals surface area contributed by atoms with E-state index >= 15 is 0 Å². The summed E-state index contributed by atoms with van der Waals surface area (Å²) < 4.78 is 0. The highest BCUT2D eigenvalue weighted by Crippen LogP contribution is 2.42. The fraction of sp³-hybridized carbons (Fsp3) is 0.519. The van der Waals surface area contributed by atoms with Crippen LogP contribution in [0.1, 0.15) is 56.9 Å². The number of fused-ring (bicyclic) bond motifs is 2. The zero-order valence-corrected chi connectivity index (χ0v) is 21.6. The maximum atomic E-state index is 13.7. The summed E-state index contributed by atoms with van der Waals surface area (Å²) in [4.78, 5) is 20.6. The number of rotatable bonds is 7. The minimum atomic E-state index is -0.0707. The number of carbonyl (C=O) groups is 1. The summed E-state index contributed by atoms with van der Waals surface area (Å²) in [6.45, 7) is 3.04. The summed E-state index contributed by atoms with van der Waals surface area (Å²) in [5, 5.41) is 5.05. The van der Waals surface area contributed by atoms with Crippen LogP contribution in [0.3, 0.4) is 0 Å². The number of amides is 1. The maximum Gasteiger partial charge on any atom is 0.223 e. The molecule has 1 saturated heterocycles. The molecule has 0 radical (unpaired) electrons. The number of aromatic amines is 1. The molecule has 1 saturated carbocycles. The Bertz CT molecular complexity index is 1140. The molecule has 7 nitrogen and oxygen atoms in total. The highest BCUT2D eigenvalue weighted by Gasteiger charge is 2.44. The number of thiophene rings is 1. The van der Waals surface area contributed by atoms with Crippen molar-refractivity contribution >= 4 is 28.1 Å². The predicted molar refractivity (Wildman–Crippen MR) is 143 cm³/mol. The molecule has 3 heterocycles. The zero-order chi connectivity index (χ0) is 24.5. The number of benzene rings is 1. The van der Waals surface area contributed by atoms with Crippen molar-refractivity contribution in [3.05, 3.63) is 47.5 Å². The lowest BCUT2D eigenvalue weighted by Gasteiger charge is -2.50. The Balaban J connectivity index is 1.36. The molecule has 1 aliphatic carbocycles. The summed E-state index contributed by atoms with van der Waals surface area (Å²) in [5.41, 5.74) is 6.53. The normalized spacial score (nSPS) is 24.5. The van der Waals surface area contributed by atoms with Gasteiger partial charge in [-0.05, 0) is 66.5 Å². The van der Waals surface area contributed by atoms with Gasteiger partial charge in [0.05, 0.1) is 6.17 Å². The highest BCUT2D eigenvalue weighted by molar-refractivity contribution is 7.13. The molecule has 1 amide bonds. The third kappa shape index (κ3) is 4.66. The molecule has 2 aliphatic rings. The molecule has 5 unspecified atom stereocenters. The Kier molecular flexibility index (Phi) is 7.27. The Morgan fingerprint density at radius 2 is 2.11 bits per heavy atom. The second kappa shape index (κ2) is 10.4. The van der Waals surface area contributed by atoms with Gasteiger partial charge in [0, 0.05) is 53.6 Å². The minimum absolute atomic E-state index is 0.0707. The van der Waals surface area contributed by atoms with Crippen molar-refractivity contribution in [1.82, 2.24) is 20.3 Å². The Labute approximate surface area is 211 Å². The van der Waals surface area contributed by atoms with Gasteiger partial charge < -0.3 is 9.88 Å². The molecule has 0 bridgehead atoms. The summed E-state index contributed by atoms with van der Waals surface area (Å²) in [7, 11) is 1.87. The number of hydrogen-bond acceptors (Lipinski definition) is 6. The number of aromatic nitrogens is 1. The molecule has 2 aromatic heterocycles. The average molecular weight is 495 g/mol. The molecule has 188 valence electrons. The quantitative estimate of drug-likeness (QED) is 0.222. The number of hydrogen-bond donors (Lipinski definition) is 4. The fourth-order valence-electron chi connectivity index (χ4n) is 6.70. The van der Waals surface area contributed by atoms with E-state index in [1.54, 1.807) is 16.3 Å². The van der Waals surface area contributed by atoms with Crippen molar-refractivity contribution in [1.29, 1.82) is 0 Å².